The molecule has 1 N–H and O–H groups in total. The number of imide groups is 1. The van der Waals surface area contributed by atoms with Crippen molar-refractivity contribution in [1.82, 2.24) is 9.80 Å². The number of rotatable bonds is 12. The Kier molecular flexibility index (Phi) is 10.3. The number of carbonyl (C=O) groups excluding carboxylic acids is 2. The highest BCUT2D eigenvalue weighted by molar-refractivity contribution is 6.06. The van der Waals surface area contributed by atoms with Crippen LogP contribution in [0.2, 0.25) is 0 Å². The number of allylic oxidation sites excluding steroid dienone is 1. The minimum absolute atomic E-state index is 0.00161. The maximum absolute atomic E-state index is 14.3. The van der Waals surface area contributed by atoms with Gasteiger partial charge in [-0.15, -0.1) is 0 Å². The van der Waals surface area contributed by atoms with Crippen LogP contribution in [0.1, 0.15) is 63.0 Å². The standard InChI is InChI=1S/C42H48N2O5/c1-2-10-29(23-31-13-9-14-34(45)24-31)17-18-38-39-32(27-48-35-15-7-4-8-16-35)25-36-40(37(39)28-49-38)42(47)44(41(36)46)33-19-21-43(22-20-33)26-30-11-5-3-6-12-30/h3-9,11-16,23-24,33,36-38,40,45H,2,10,17-22,25-28H2,1H3/b29-23+/t36-,37+,38-,40-/m1/s1. The second kappa shape index (κ2) is 15.1. The van der Waals surface area contributed by atoms with E-state index in [-0.39, 0.29) is 47.5 Å². The topological polar surface area (TPSA) is 79.3 Å². The summed E-state index contributed by atoms with van der Waals surface area (Å²) >= 11 is 0. The van der Waals surface area contributed by atoms with E-state index in [2.05, 4.69) is 42.2 Å². The van der Waals surface area contributed by atoms with Gasteiger partial charge in [-0.2, -0.15) is 0 Å². The van der Waals surface area contributed by atoms with Crippen molar-refractivity contribution in [3.8, 4) is 11.5 Å². The quantitative estimate of drug-likeness (QED) is 0.161. The monoisotopic (exact) mass is 660 g/mol. The summed E-state index contributed by atoms with van der Waals surface area (Å²) in [6.07, 6.45) is 7.86. The number of phenolic OH excluding ortho intramolecular Hbond substituents is 1. The van der Waals surface area contributed by atoms with Gasteiger partial charge in [0.1, 0.15) is 18.1 Å². The molecule has 7 rings (SSSR count). The Morgan fingerprint density at radius 2 is 1.67 bits per heavy atom. The van der Waals surface area contributed by atoms with Crippen molar-refractivity contribution in [2.75, 3.05) is 26.3 Å². The van der Waals surface area contributed by atoms with E-state index in [0.717, 1.165) is 75.0 Å². The number of fused-ring (bicyclic) bond motifs is 3. The van der Waals surface area contributed by atoms with Crippen LogP contribution in [0.3, 0.4) is 0 Å². The van der Waals surface area contributed by atoms with Crippen molar-refractivity contribution >= 4 is 17.9 Å². The number of ether oxygens (including phenoxy) is 2. The Bertz CT molecular complexity index is 1680. The first kappa shape index (κ1) is 33.3. The molecule has 3 aliphatic heterocycles. The van der Waals surface area contributed by atoms with Gasteiger partial charge in [0.05, 0.1) is 24.5 Å². The van der Waals surface area contributed by atoms with E-state index in [0.29, 0.717) is 19.6 Å². The SMILES string of the molecule is CCC/C(=C\c1cccc(O)c1)CC[C@H]1OC[C@H]2C1=C(COc1ccccc1)C[C@H]1C(=O)N(C3CCN(Cc4ccccc4)CC3)C(=O)[C@H]12. The molecule has 7 heteroatoms. The third kappa shape index (κ3) is 7.38. The van der Waals surface area contributed by atoms with Gasteiger partial charge in [0, 0.05) is 31.6 Å². The summed E-state index contributed by atoms with van der Waals surface area (Å²) in [5.74, 6) is 0.218. The maximum atomic E-state index is 14.3. The van der Waals surface area contributed by atoms with E-state index in [1.165, 1.54) is 16.7 Å². The normalized spacial score (nSPS) is 24.8. The average Bonchev–Trinajstić information content (AvgIpc) is 3.65. The number of benzene rings is 3. The van der Waals surface area contributed by atoms with Gasteiger partial charge in [-0.05, 0) is 85.1 Å². The number of carbonyl (C=O) groups is 2. The molecule has 4 atom stereocenters. The number of phenols is 1. The number of amides is 2. The highest BCUT2D eigenvalue weighted by Crippen LogP contribution is 2.50. The van der Waals surface area contributed by atoms with Crippen molar-refractivity contribution in [2.45, 2.75) is 70.6 Å². The summed E-state index contributed by atoms with van der Waals surface area (Å²) in [5, 5.41) is 10.0. The average molecular weight is 661 g/mol. The number of para-hydroxylation sites is 1. The molecule has 3 aromatic carbocycles. The molecule has 0 unspecified atom stereocenters. The summed E-state index contributed by atoms with van der Waals surface area (Å²) in [5.41, 5.74) is 5.90. The zero-order chi connectivity index (χ0) is 33.7. The molecular formula is C42H48N2O5. The van der Waals surface area contributed by atoms with Crippen LogP contribution in [0.25, 0.3) is 6.08 Å². The van der Waals surface area contributed by atoms with Crippen molar-refractivity contribution < 1.29 is 24.2 Å². The van der Waals surface area contributed by atoms with Crippen LogP contribution < -0.4 is 4.74 Å². The summed E-state index contributed by atoms with van der Waals surface area (Å²) in [6.45, 7) is 5.66. The summed E-state index contributed by atoms with van der Waals surface area (Å²) in [7, 11) is 0. The molecule has 0 spiro atoms. The number of hydrogen-bond donors (Lipinski definition) is 1. The van der Waals surface area contributed by atoms with Crippen LogP contribution in [0, 0.1) is 17.8 Å². The number of nitrogens with zero attached hydrogens (tertiary/aromatic N) is 2. The fraction of sp³-hybridized carbons (Fsp3) is 0.429. The third-order valence-electron chi connectivity index (χ3n) is 10.9. The van der Waals surface area contributed by atoms with E-state index >= 15 is 0 Å². The molecule has 0 saturated carbocycles. The molecule has 3 fully saturated rings. The van der Waals surface area contributed by atoms with Crippen LogP contribution in [-0.2, 0) is 20.9 Å². The zero-order valence-corrected chi connectivity index (χ0v) is 28.5. The van der Waals surface area contributed by atoms with Crippen LogP contribution in [0.5, 0.6) is 11.5 Å². The predicted molar refractivity (Wildman–Crippen MR) is 191 cm³/mol. The summed E-state index contributed by atoms with van der Waals surface area (Å²) in [4.78, 5) is 32.5. The lowest BCUT2D eigenvalue weighted by molar-refractivity contribution is -0.144. The fourth-order valence-corrected chi connectivity index (χ4v) is 8.61. The van der Waals surface area contributed by atoms with Crippen LogP contribution in [0.15, 0.2) is 102 Å². The maximum Gasteiger partial charge on any atom is 0.234 e. The van der Waals surface area contributed by atoms with E-state index in [9.17, 15) is 14.7 Å². The van der Waals surface area contributed by atoms with E-state index < -0.39 is 0 Å². The molecular weight excluding hydrogens is 612 g/mol. The molecule has 4 aliphatic rings. The van der Waals surface area contributed by atoms with E-state index in [1.807, 2.05) is 48.5 Å². The Labute approximate surface area is 290 Å². The molecule has 0 aromatic heterocycles. The Morgan fingerprint density at radius 3 is 2.41 bits per heavy atom. The fourth-order valence-electron chi connectivity index (χ4n) is 8.61. The third-order valence-corrected chi connectivity index (χ3v) is 10.9. The Hall–Kier alpha value is -4.20. The first-order valence-corrected chi connectivity index (χ1v) is 18.1. The van der Waals surface area contributed by atoms with E-state index in [1.54, 1.807) is 17.0 Å². The second-order valence-electron chi connectivity index (χ2n) is 14.2. The van der Waals surface area contributed by atoms with Crippen LogP contribution in [-0.4, -0.2) is 65.2 Å². The Balaban J connectivity index is 1.09. The van der Waals surface area contributed by atoms with Gasteiger partial charge in [-0.3, -0.25) is 19.4 Å². The summed E-state index contributed by atoms with van der Waals surface area (Å²) in [6, 6.07) is 27.6. The van der Waals surface area contributed by atoms with Gasteiger partial charge in [0.15, 0.2) is 0 Å². The number of hydrogen-bond acceptors (Lipinski definition) is 6. The van der Waals surface area contributed by atoms with Gasteiger partial charge in [0.25, 0.3) is 0 Å². The smallest absolute Gasteiger partial charge is 0.234 e. The molecule has 7 nitrogen and oxygen atoms in total. The molecule has 3 saturated heterocycles. The number of piperidine rings is 1. The van der Waals surface area contributed by atoms with Gasteiger partial charge in [-0.25, -0.2) is 0 Å². The summed E-state index contributed by atoms with van der Waals surface area (Å²) < 4.78 is 12.9. The van der Waals surface area contributed by atoms with Crippen LogP contribution >= 0.6 is 0 Å². The lowest BCUT2D eigenvalue weighted by atomic mass is 9.69. The largest absolute Gasteiger partial charge is 0.508 e. The Morgan fingerprint density at radius 1 is 0.918 bits per heavy atom. The molecule has 3 aromatic rings. The van der Waals surface area contributed by atoms with Gasteiger partial charge < -0.3 is 14.6 Å². The molecule has 1 aliphatic carbocycles. The van der Waals surface area contributed by atoms with Gasteiger partial charge in [-0.1, -0.05) is 85.7 Å². The highest BCUT2D eigenvalue weighted by Gasteiger charge is 2.58. The molecule has 2 amide bonds. The highest BCUT2D eigenvalue weighted by atomic mass is 16.5. The minimum Gasteiger partial charge on any atom is -0.508 e. The van der Waals surface area contributed by atoms with E-state index in [4.69, 9.17) is 9.47 Å². The number of likely N-dealkylation sites (tertiary alicyclic amines) is 2. The second-order valence-corrected chi connectivity index (χ2v) is 14.2. The van der Waals surface area contributed by atoms with Crippen molar-refractivity contribution in [3.63, 3.8) is 0 Å². The van der Waals surface area contributed by atoms with Crippen molar-refractivity contribution in [2.24, 2.45) is 17.8 Å². The molecule has 3 heterocycles. The van der Waals surface area contributed by atoms with Gasteiger partial charge in [0.2, 0.25) is 11.8 Å². The zero-order valence-electron chi connectivity index (χ0n) is 28.5. The van der Waals surface area contributed by atoms with Crippen molar-refractivity contribution in [3.05, 3.63) is 113 Å². The van der Waals surface area contributed by atoms with Crippen LogP contribution in [0.4, 0.5) is 0 Å². The molecule has 256 valence electrons. The molecule has 49 heavy (non-hydrogen) atoms. The van der Waals surface area contributed by atoms with Gasteiger partial charge >= 0.3 is 0 Å². The number of aromatic hydroxyl groups is 1. The lowest BCUT2D eigenvalue weighted by Gasteiger charge is -2.36. The molecule has 0 bridgehead atoms. The molecule has 0 radical (unpaired) electrons. The van der Waals surface area contributed by atoms with Crippen molar-refractivity contribution in [1.29, 1.82) is 0 Å². The predicted octanol–water partition coefficient (Wildman–Crippen LogP) is 7.42. The first-order chi connectivity index (χ1) is 24.0. The minimum atomic E-state index is -0.367. The first-order valence-electron chi connectivity index (χ1n) is 18.1. The lowest BCUT2D eigenvalue weighted by Crippen LogP contribution is -2.47.